The highest BCUT2D eigenvalue weighted by atomic mass is 16.3. The predicted molar refractivity (Wildman–Crippen MR) is 67.5 cm³/mol. The summed E-state index contributed by atoms with van der Waals surface area (Å²) in [6.07, 6.45) is 2.75. The van der Waals surface area contributed by atoms with E-state index in [0.29, 0.717) is 30.1 Å². The van der Waals surface area contributed by atoms with Gasteiger partial charge in [-0.1, -0.05) is 27.2 Å². The molecule has 0 spiro atoms. The number of hydrogen-bond acceptors (Lipinski definition) is 3. The van der Waals surface area contributed by atoms with E-state index in [4.69, 9.17) is 5.11 Å². The molecule has 0 amide bonds. The van der Waals surface area contributed by atoms with Gasteiger partial charge in [-0.2, -0.15) is 0 Å². The number of aliphatic hydroxyl groups is 2. The van der Waals surface area contributed by atoms with Crippen LogP contribution in [0.1, 0.15) is 46.5 Å². The minimum atomic E-state index is -1.18. The lowest BCUT2D eigenvalue weighted by Crippen LogP contribution is -2.33. The molecule has 1 fully saturated rings. The minimum absolute atomic E-state index is 0.197. The zero-order chi connectivity index (χ0) is 13.0. The van der Waals surface area contributed by atoms with Gasteiger partial charge in [-0.25, -0.2) is 0 Å². The highest BCUT2D eigenvalue weighted by Gasteiger charge is 2.32. The zero-order valence-corrected chi connectivity index (χ0v) is 11.2. The Labute approximate surface area is 104 Å². The molecule has 1 aliphatic carbocycles. The van der Waals surface area contributed by atoms with Crippen molar-refractivity contribution in [1.29, 1.82) is 0 Å². The molecule has 0 aromatic heterocycles. The van der Waals surface area contributed by atoms with E-state index in [1.807, 2.05) is 0 Å². The van der Waals surface area contributed by atoms with Crippen LogP contribution in [0.2, 0.25) is 0 Å². The van der Waals surface area contributed by atoms with Crippen molar-refractivity contribution in [2.75, 3.05) is 6.61 Å². The van der Waals surface area contributed by atoms with Crippen molar-refractivity contribution in [2.24, 2.45) is 23.7 Å². The summed E-state index contributed by atoms with van der Waals surface area (Å²) in [5.41, 5.74) is 0. The molecule has 1 aliphatic rings. The van der Waals surface area contributed by atoms with Gasteiger partial charge in [-0.3, -0.25) is 4.79 Å². The van der Waals surface area contributed by atoms with Crippen LogP contribution in [0.25, 0.3) is 0 Å². The minimum Gasteiger partial charge on any atom is -0.393 e. The molecule has 0 bridgehead atoms. The third-order valence-corrected chi connectivity index (χ3v) is 4.17. The van der Waals surface area contributed by atoms with Crippen LogP contribution in [0.5, 0.6) is 0 Å². The first-order chi connectivity index (χ1) is 7.95. The molecule has 4 unspecified atom stereocenters. The van der Waals surface area contributed by atoms with Gasteiger partial charge in [-0.05, 0) is 36.5 Å². The molecule has 100 valence electrons. The molecule has 0 radical (unpaired) electrons. The monoisotopic (exact) mass is 242 g/mol. The van der Waals surface area contributed by atoms with E-state index in [9.17, 15) is 9.90 Å². The maximum absolute atomic E-state index is 11.7. The Balaban J connectivity index is 2.60. The summed E-state index contributed by atoms with van der Waals surface area (Å²) in [5.74, 6) is 2.03. The van der Waals surface area contributed by atoms with Crippen molar-refractivity contribution in [3.05, 3.63) is 0 Å². The fraction of sp³-hybridized carbons (Fsp3) is 0.929. The van der Waals surface area contributed by atoms with Gasteiger partial charge in [0.1, 0.15) is 6.10 Å². The fourth-order valence-electron chi connectivity index (χ4n) is 3.13. The summed E-state index contributed by atoms with van der Waals surface area (Å²) in [7, 11) is 0. The average Bonchev–Trinajstić information content (AvgIpc) is 2.27. The molecule has 0 saturated heterocycles. The molecule has 17 heavy (non-hydrogen) atoms. The number of carbonyl (C=O) groups is 1. The third kappa shape index (κ3) is 4.07. The van der Waals surface area contributed by atoms with Crippen molar-refractivity contribution in [2.45, 2.75) is 52.6 Å². The fourth-order valence-corrected chi connectivity index (χ4v) is 3.13. The van der Waals surface area contributed by atoms with Gasteiger partial charge in [0, 0.05) is 6.42 Å². The Bertz CT molecular complexity index is 250. The Morgan fingerprint density at radius 3 is 2.53 bits per heavy atom. The second-order valence-corrected chi connectivity index (χ2v) is 5.95. The lowest BCUT2D eigenvalue weighted by Gasteiger charge is -2.37. The van der Waals surface area contributed by atoms with E-state index in [1.165, 1.54) is 12.8 Å². The number of rotatable bonds is 5. The van der Waals surface area contributed by atoms with Crippen LogP contribution in [-0.2, 0) is 4.79 Å². The van der Waals surface area contributed by atoms with Gasteiger partial charge in [0.25, 0.3) is 0 Å². The van der Waals surface area contributed by atoms with Gasteiger partial charge in [0.2, 0.25) is 0 Å². The normalized spacial score (nSPS) is 31.5. The Morgan fingerprint density at radius 2 is 2.00 bits per heavy atom. The van der Waals surface area contributed by atoms with Crippen LogP contribution in [0.15, 0.2) is 0 Å². The van der Waals surface area contributed by atoms with Crippen LogP contribution in [0.4, 0.5) is 0 Å². The van der Waals surface area contributed by atoms with Crippen LogP contribution < -0.4 is 0 Å². The first kappa shape index (κ1) is 14.7. The Kier molecular flexibility index (Phi) is 5.60. The summed E-state index contributed by atoms with van der Waals surface area (Å²) < 4.78 is 0. The molecule has 0 aromatic carbocycles. The molecule has 0 heterocycles. The van der Waals surface area contributed by atoms with E-state index in [-0.39, 0.29) is 5.78 Å². The lowest BCUT2D eigenvalue weighted by atomic mass is 9.68. The lowest BCUT2D eigenvalue weighted by molar-refractivity contribution is -0.131. The van der Waals surface area contributed by atoms with Crippen LogP contribution >= 0.6 is 0 Å². The van der Waals surface area contributed by atoms with Crippen molar-refractivity contribution >= 4 is 5.78 Å². The van der Waals surface area contributed by atoms with Crippen molar-refractivity contribution in [3.63, 3.8) is 0 Å². The van der Waals surface area contributed by atoms with E-state index in [1.54, 1.807) is 0 Å². The largest absolute Gasteiger partial charge is 0.393 e. The second-order valence-electron chi connectivity index (χ2n) is 5.95. The summed E-state index contributed by atoms with van der Waals surface area (Å²) in [6.45, 7) is 6.20. The topological polar surface area (TPSA) is 57.5 Å². The molecule has 0 aromatic rings. The smallest absolute Gasteiger partial charge is 0.163 e. The number of Topliss-reactive ketones (excluding diaryl/α,β-unsaturated/α-hetero) is 1. The molecule has 4 atom stereocenters. The van der Waals surface area contributed by atoms with Gasteiger partial charge in [-0.15, -0.1) is 0 Å². The van der Waals surface area contributed by atoms with Crippen molar-refractivity contribution < 1.29 is 15.0 Å². The van der Waals surface area contributed by atoms with Crippen LogP contribution in [0.3, 0.4) is 0 Å². The van der Waals surface area contributed by atoms with Crippen molar-refractivity contribution in [3.8, 4) is 0 Å². The maximum Gasteiger partial charge on any atom is 0.163 e. The highest BCUT2D eigenvalue weighted by Crippen LogP contribution is 2.39. The third-order valence-electron chi connectivity index (χ3n) is 4.17. The van der Waals surface area contributed by atoms with E-state index < -0.39 is 12.7 Å². The summed E-state index contributed by atoms with van der Waals surface area (Å²) in [4.78, 5) is 11.7. The molecule has 3 nitrogen and oxygen atoms in total. The summed E-state index contributed by atoms with van der Waals surface area (Å²) in [5, 5.41) is 18.1. The molecule has 1 rings (SSSR count). The van der Waals surface area contributed by atoms with Gasteiger partial charge < -0.3 is 10.2 Å². The van der Waals surface area contributed by atoms with E-state index in [2.05, 4.69) is 20.8 Å². The molecule has 3 heteroatoms. The average molecular weight is 242 g/mol. The number of aliphatic hydroxyl groups excluding tert-OH is 2. The van der Waals surface area contributed by atoms with Gasteiger partial charge in [0.15, 0.2) is 5.78 Å². The predicted octanol–water partition coefficient (Wildman–Crippen LogP) is 2.01. The van der Waals surface area contributed by atoms with Gasteiger partial charge >= 0.3 is 0 Å². The maximum atomic E-state index is 11.7. The molecule has 1 saturated carbocycles. The Hall–Kier alpha value is -0.410. The zero-order valence-electron chi connectivity index (χ0n) is 11.2. The first-order valence-corrected chi connectivity index (χ1v) is 6.77. The standard InChI is InChI=1S/C14H26O3/c1-9(2)12-5-4-10(3)6-11(12)7-13(16)14(17)8-15/h9-12,14-15,17H,4-8H2,1-3H3. The molecular formula is C14H26O3. The highest BCUT2D eigenvalue weighted by molar-refractivity contribution is 5.83. The number of carbonyl (C=O) groups excluding carboxylic acids is 1. The molecule has 2 N–H and O–H groups in total. The van der Waals surface area contributed by atoms with Crippen LogP contribution in [0, 0.1) is 23.7 Å². The summed E-state index contributed by atoms with van der Waals surface area (Å²) in [6, 6.07) is 0. The van der Waals surface area contributed by atoms with Crippen molar-refractivity contribution in [1.82, 2.24) is 0 Å². The van der Waals surface area contributed by atoms with Crippen LogP contribution in [-0.4, -0.2) is 28.7 Å². The van der Waals surface area contributed by atoms with E-state index >= 15 is 0 Å². The summed E-state index contributed by atoms with van der Waals surface area (Å²) >= 11 is 0. The number of hydrogen-bond donors (Lipinski definition) is 2. The second kappa shape index (κ2) is 6.50. The SMILES string of the molecule is CC1CCC(C(C)C)C(CC(=O)C(O)CO)C1. The quantitative estimate of drug-likeness (QED) is 0.775. The number of ketones is 1. The molecular weight excluding hydrogens is 216 g/mol. The Morgan fingerprint density at radius 1 is 1.35 bits per heavy atom. The van der Waals surface area contributed by atoms with Gasteiger partial charge in [0.05, 0.1) is 6.61 Å². The van der Waals surface area contributed by atoms with E-state index in [0.717, 1.165) is 6.42 Å². The molecule has 0 aliphatic heterocycles. The first-order valence-electron chi connectivity index (χ1n) is 6.77.